The Morgan fingerprint density at radius 3 is 2.44 bits per heavy atom. The summed E-state index contributed by atoms with van der Waals surface area (Å²) in [5.41, 5.74) is 3.59. The molecule has 4 rings (SSSR count). The Bertz CT molecular complexity index is 1150. The van der Waals surface area contributed by atoms with Crippen LogP contribution in [0, 0.1) is 17.0 Å². The molecule has 176 valence electrons. The number of hydrogen-bond acceptors (Lipinski definition) is 5. The van der Waals surface area contributed by atoms with E-state index < -0.39 is 0 Å². The van der Waals surface area contributed by atoms with Gasteiger partial charge in [0, 0.05) is 43.5 Å². The average Bonchev–Trinajstić information content (AvgIpc) is 2.86. The first-order valence-corrected chi connectivity index (χ1v) is 11.4. The van der Waals surface area contributed by atoms with Crippen molar-refractivity contribution in [3.05, 3.63) is 99.6 Å². The highest BCUT2D eigenvalue weighted by molar-refractivity contribution is 6.08. The van der Waals surface area contributed by atoms with E-state index in [1.807, 2.05) is 60.4 Å². The highest BCUT2D eigenvalue weighted by atomic mass is 16.6. The van der Waals surface area contributed by atoms with Gasteiger partial charge in [-0.25, -0.2) is 0 Å². The molecule has 0 N–H and O–H groups in total. The van der Waals surface area contributed by atoms with Crippen molar-refractivity contribution >= 4 is 17.3 Å². The van der Waals surface area contributed by atoms with Crippen molar-refractivity contribution in [1.82, 2.24) is 4.90 Å². The van der Waals surface area contributed by atoms with E-state index in [0.717, 1.165) is 42.7 Å². The lowest BCUT2D eigenvalue weighted by atomic mass is 9.99. The summed E-state index contributed by atoms with van der Waals surface area (Å²) in [5.74, 6) is 0.492. The summed E-state index contributed by atoms with van der Waals surface area (Å²) in [7, 11) is 1.58. The minimum atomic E-state index is -0.362. The Morgan fingerprint density at radius 2 is 1.76 bits per heavy atom. The topological polar surface area (TPSA) is 75.9 Å². The molecule has 0 aliphatic carbocycles. The number of para-hydroxylation sites is 1. The summed E-state index contributed by atoms with van der Waals surface area (Å²) >= 11 is 0. The number of nitro groups is 1. The number of methoxy groups -OCH3 is 1. The van der Waals surface area contributed by atoms with Gasteiger partial charge in [-0.1, -0.05) is 42.0 Å². The third-order valence-corrected chi connectivity index (χ3v) is 6.32. The molecule has 1 aliphatic rings. The Morgan fingerprint density at radius 1 is 1.06 bits per heavy atom. The monoisotopic (exact) mass is 459 g/mol. The van der Waals surface area contributed by atoms with Gasteiger partial charge in [0.15, 0.2) is 0 Å². The van der Waals surface area contributed by atoms with Crippen LogP contribution in [0.25, 0.3) is 0 Å². The van der Waals surface area contributed by atoms with Crippen LogP contribution < -0.4 is 9.64 Å². The van der Waals surface area contributed by atoms with Gasteiger partial charge in [0.1, 0.15) is 5.75 Å². The second kappa shape index (κ2) is 10.5. The van der Waals surface area contributed by atoms with Crippen LogP contribution in [0.3, 0.4) is 0 Å². The zero-order valence-electron chi connectivity index (χ0n) is 19.5. The van der Waals surface area contributed by atoms with E-state index >= 15 is 0 Å². The first-order chi connectivity index (χ1) is 16.5. The summed E-state index contributed by atoms with van der Waals surface area (Å²) in [4.78, 5) is 28.7. The maximum atomic E-state index is 13.8. The Balaban J connectivity index is 1.53. The number of amides is 1. The molecule has 0 aromatic heterocycles. The summed E-state index contributed by atoms with van der Waals surface area (Å²) < 4.78 is 5.47. The maximum Gasteiger partial charge on any atom is 0.269 e. The van der Waals surface area contributed by atoms with Crippen molar-refractivity contribution < 1.29 is 14.5 Å². The number of piperidine rings is 1. The van der Waals surface area contributed by atoms with Gasteiger partial charge in [-0.2, -0.15) is 0 Å². The fraction of sp³-hybridized carbons (Fsp3) is 0.296. The molecular formula is C27H29N3O4. The number of aryl methyl sites for hydroxylation is 1. The average molecular weight is 460 g/mol. The van der Waals surface area contributed by atoms with Crippen molar-refractivity contribution in [1.29, 1.82) is 0 Å². The van der Waals surface area contributed by atoms with E-state index in [-0.39, 0.29) is 22.6 Å². The number of benzene rings is 3. The second-order valence-corrected chi connectivity index (χ2v) is 8.65. The molecule has 0 spiro atoms. The van der Waals surface area contributed by atoms with Crippen molar-refractivity contribution in [2.24, 2.45) is 0 Å². The number of carbonyl (C=O) groups excluding carboxylic acids is 1. The zero-order valence-corrected chi connectivity index (χ0v) is 19.5. The number of carbonyl (C=O) groups is 1. The molecule has 0 bridgehead atoms. The number of rotatable bonds is 7. The van der Waals surface area contributed by atoms with E-state index in [0.29, 0.717) is 17.9 Å². The van der Waals surface area contributed by atoms with E-state index in [9.17, 15) is 14.9 Å². The van der Waals surface area contributed by atoms with Crippen LogP contribution in [0.5, 0.6) is 5.75 Å². The molecule has 0 saturated carbocycles. The summed E-state index contributed by atoms with van der Waals surface area (Å²) in [6.45, 7) is 4.28. The lowest BCUT2D eigenvalue weighted by molar-refractivity contribution is -0.384. The molecule has 1 fully saturated rings. The molecule has 1 aliphatic heterocycles. The summed E-state index contributed by atoms with van der Waals surface area (Å²) in [5, 5.41) is 11.1. The van der Waals surface area contributed by atoms with E-state index in [1.54, 1.807) is 25.3 Å². The van der Waals surface area contributed by atoms with Gasteiger partial charge in [-0.3, -0.25) is 19.8 Å². The highest BCUT2D eigenvalue weighted by Gasteiger charge is 2.31. The number of anilines is 1. The van der Waals surface area contributed by atoms with Crippen LogP contribution in [0.4, 0.5) is 11.4 Å². The van der Waals surface area contributed by atoms with Gasteiger partial charge in [-0.05, 0) is 49.6 Å². The molecule has 0 radical (unpaired) electrons. The third-order valence-electron chi connectivity index (χ3n) is 6.32. The lowest BCUT2D eigenvalue weighted by Crippen LogP contribution is -2.47. The van der Waals surface area contributed by atoms with Crippen LogP contribution in [0.2, 0.25) is 0 Å². The Hall–Kier alpha value is -3.71. The van der Waals surface area contributed by atoms with Crippen LogP contribution in [0.1, 0.15) is 34.3 Å². The second-order valence-electron chi connectivity index (χ2n) is 8.65. The molecule has 0 unspecified atom stereocenters. The summed E-state index contributed by atoms with van der Waals surface area (Å²) in [6, 6.07) is 22.2. The van der Waals surface area contributed by atoms with Gasteiger partial charge < -0.3 is 9.64 Å². The van der Waals surface area contributed by atoms with Gasteiger partial charge in [0.05, 0.1) is 17.6 Å². The van der Waals surface area contributed by atoms with Crippen LogP contribution in [-0.4, -0.2) is 42.0 Å². The number of ether oxygens (including phenoxy) is 1. The molecule has 1 amide bonds. The molecule has 34 heavy (non-hydrogen) atoms. The first-order valence-electron chi connectivity index (χ1n) is 11.4. The van der Waals surface area contributed by atoms with Crippen LogP contribution in [-0.2, 0) is 6.54 Å². The van der Waals surface area contributed by atoms with Crippen molar-refractivity contribution in [2.45, 2.75) is 32.4 Å². The van der Waals surface area contributed by atoms with Crippen molar-refractivity contribution in [3.8, 4) is 5.75 Å². The number of likely N-dealkylation sites (tertiary alicyclic amines) is 1. The molecular weight excluding hydrogens is 430 g/mol. The number of hydrogen-bond donors (Lipinski definition) is 0. The fourth-order valence-electron chi connectivity index (χ4n) is 4.51. The predicted molar refractivity (Wildman–Crippen MR) is 132 cm³/mol. The lowest BCUT2D eigenvalue weighted by Gasteiger charge is -2.39. The van der Waals surface area contributed by atoms with Crippen molar-refractivity contribution in [3.63, 3.8) is 0 Å². The minimum Gasteiger partial charge on any atom is -0.496 e. The number of non-ortho nitro benzene ring substituents is 1. The maximum absolute atomic E-state index is 13.8. The SMILES string of the molecule is COc1ccccc1C(=O)N(c1ccc(C)cc1)C1CCN(Cc2cccc([N+](=O)[O-])c2)CC1. The number of nitro benzene ring substituents is 1. The van der Waals surface area contributed by atoms with Gasteiger partial charge in [0.2, 0.25) is 0 Å². The normalized spacial score (nSPS) is 14.5. The van der Waals surface area contributed by atoms with E-state index in [2.05, 4.69) is 4.90 Å². The highest BCUT2D eigenvalue weighted by Crippen LogP contribution is 2.29. The fourth-order valence-corrected chi connectivity index (χ4v) is 4.51. The quantitative estimate of drug-likeness (QED) is 0.358. The van der Waals surface area contributed by atoms with Crippen LogP contribution >= 0.6 is 0 Å². The van der Waals surface area contributed by atoms with Crippen LogP contribution in [0.15, 0.2) is 72.8 Å². The minimum absolute atomic E-state index is 0.0430. The molecule has 1 saturated heterocycles. The molecule has 7 heteroatoms. The molecule has 3 aromatic rings. The van der Waals surface area contributed by atoms with Gasteiger partial charge in [-0.15, -0.1) is 0 Å². The molecule has 0 atom stereocenters. The standard InChI is InChI=1S/C27H29N3O4/c1-20-10-12-22(13-11-20)29(27(31)25-8-3-4-9-26(25)34-2)23-14-16-28(17-15-23)19-21-6-5-7-24(18-21)30(32)33/h3-13,18,23H,14-17,19H2,1-2H3. The largest absolute Gasteiger partial charge is 0.496 e. The van der Waals surface area contributed by atoms with Gasteiger partial charge >= 0.3 is 0 Å². The molecule has 3 aromatic carbocycles. The third kappa shape index (κ3) is 5.26. The van der Waals surface area contributed by atoms with E-state index in [4.69, 9.17) is 4.74 Å². The number of nitrogens with zero attached hydrogens (tertiary/aromatic N) is 3. The summed E-state index contributed by atoms with van der Waals surface area (Å²) in [6.07, 6.45) is 1.62. The van der Waals surface area contributed by atoms with Crippen molar-refractivity contribution in [2.75, 3.05) is 25.1 Å². The van der Waals surface area contributed by atoms with E-state index in [1.165, 1.54) is 6.07 Å². The predicted octanol–water partition coefficient (Wildman–Crippen LogP) is 5.22. The Kier molecular flexibility index (Phi) is 7.23. The molecule has 1 heterocycles. The molecule has 7 nitrogen and oxygen atoms in total. The van der Waals surface area contributed by atoms with Gasteiger partial charge in [0.25, 0.3) is 11.6 Å². The first kappa shape index (κ1) is 23.4. The zero-order chi connectivity index (χ0) is 24.1. The Labute approximate surface area is 199 Å². The smallest absolute Gasteiger partial charge is 0.269 e.